The minimum absolute atomic E-state index is 0.548. The second-order valence-electron chi connectivity index (χ2n) is 19.5. The van der Waals surface area contributed by atoms with Crippen LogP contribution in [0.3, 0.4) is 0 Å². The average molecular weight is 956 g/mol. The van der Waals surface area contributed by atoms with E-state index < -0.39 is 0 Å². The van der Waals surface area contributed by atoms with Crippen LogP contribution in [0.1, 0.15) is 0 Å². The second-order valence-corrected chi connectivity index (χ2v) is 19.5. The van der Waals surface area contributed by atoms with Gasteiger partial charge in [-0.3, -0.25) is 0 Å². The predicted octanol–water partition coefficient (Wildman–Crippen LogP) is 18.1. The molecule has 4 heterocycles. The van der Waals surface area contributed by atoms with Crippen LogP contribution in [0.15, 0.2) is 253 Å². The second kappa shape index (κ2) is 16.2. The highest BCUT2D eigenvalue weighted by molar-refractivity contribution is 6.24. The minimum atomic E-state index is 0.548. The average Bonchev–Trinajstić information content (AvgIpc) is 4.14. The van der Waals surface area contributed by atoms with Crippen LogP contribution in [-0.4, -0.2) is 24.1 Å². The van der Waals surface area contributed by atoms with Gasteiger partial charge in [0.15, 0.2) is 17.5 Å². The highest BCUT2D eigenvalue weighted by atomic mass is 16.3. The van der Waals surface area contributed by atoms with Crippen molar-refractivity contribution in [2.75, 3.05) is 0 Å². The van der Waals surface area contributed by atoms with Crippen LogP contribution in [0.5, 0.6) is 0 Å². The largest absolute Gasteiger partial charge is 0.455 e. The highest BCUT2D eigenvalue weighted by Crippen LogP contribution is 2.45. The molecule has 0 fully saturated rings. The lowest BCUT2D eigenvalue weighted by molar-refractivity contribution is 0.672. The zero-order valence-electron chi connectivity index (χ0n) is 40.3. The van der Waals surface area contributed by atoms with Gasteiger partial charge in [0.2, 0.25) is 0 Å². The lowest BCUT2D eigenvalue weighted by Gasteiger charge is -2.14. The highest BCUT2D eigenvalue weighted by Gasteiger charge is 2.24. The lowest BCUT2D eigenvalue weighted by atomic mass is 10.0. The zero-order valence-corrected chi connectivity index (χ0v) is 40.3. The smallest absolute Gasteiger partial charge is 0.164 e. The van der Waals surface area contributed by atoms with Crippen molar-refractivity contribution >= 4 is 97.9 Å². The molecule has 16 rings (SSSR count). The first kappa shape index (κ1) is 41.4. The van der Waals surface area contributed by atoms with E-state index in [1.165, 1.54) is 32.3 Å². The Labute approximate surface area is 429 Å². The van der Waals surface area contributed by atoms with E-state index >= 15 is 0 Å². The molecule has 0 saturated heterocycles. The molecule has 0 aliphatic heterocycles. The minimum Gasteiger partial charge on any atom is -0.455 e. The fraction of sp³-hybridized carbons (Fsp3) is 0. The van der Waals surface area contributed by atoms with Crippen molar-refractivity contribution in [2.45, 2.75) is 0 Å². The molecule has 4 aromatic heterocycles. The van der Waals surface area contributed by atoms with Crippen LogP contribution in [0.4, 0.5) is 0 Å². The number of hydrogen-bond acceptors (Lipinski definition) is 4. The van der Waals surface area contributed by atoms with Gasteiger partial charge in [-0.25, -0.2) is 15.0 Å². The molecule has 0 aliphatic carbocycles. The summed E-state index contributed by atoms with van der Waals surface area (Å²) < 4.78 is 11.9. The molecule has 6 heteroatoms. The number of rotatable bonds is 6. The summed E-state index contributed by atoms with van der Waals surface area (Å²) in [5.74, 6) is 1.70. The van der Waals surface area contributed by atoms with Crippen LogP contribution in [-0.2, 0) is 0 Å². The van der Waals surface area contributed by atoms with Crippen molar-refractivity contribution in [3.8, 4) is 56.7 Å². The van der Waals surface area contributed by atoms with Gasteiger partial charge in [0.25, 0.3) is 0 Å². The van der Waals surface area contributed by atoms with Gasteiger partial charge in [-0.2, -0.15) is 0 Å². The Bertz CT molecular complexity index is 5010. The molecule has 0 N–H and O–H groups in total. The van der Waals surface area contributed by atoms with Crippen molar-refractivity contribution < 1.29 is 4.42 Å². The Balaban J connectivity index is 1.01. The number of furan rings is 1. The normalized spacial score (nSPS) is 12.0. The summed E-state index contributed by atoms with van der Waals surface area (Å²) in [6.07, 6.45) is 0. The van der Waals surface area contributed by atoms with Crippen LogP contribution in [0.2, 0.25) is 0 Å². The lowest BCUT2D eigenvalue weighted by Crippen LogP contribution is -2.02. The standard InChI is InChI=1S/C69H41N5O/c1-3-16-42(17-4-1)45-22-15-23-48(36-45)67-70-68(49-32-34-60-56(38-49)54-28-13-14-29-59(54)73(60)50-24-5-2-6-25-50)72-69(71-67)58-40-51(41-63-65(58)55-33-30-44-19-10-12-27-53(44)66(55)75-63)74-61-35-31-43-18-9-11-26-52(43)64(61)57-37-46-20-7-8-21-47(46)39-62(57)74/h1-41H. The Kier molecular flexibility index (Phi) is 8.94. The van der Waals surface area contributed by atoms with Crippen LogP contribution < -0.4 is 0 Å². The van der Waals surface area contributed by atoms with Crippen LogP contribution in [0.25, 0.3) is 155 Å². The van der Waals surface area contributed by atoms with E-state index in [1.807, 2.05) is 6.07 Å². The summed E-state index contributed by atoms with van der Waals surface area (Å²) in [5, 5.41) is 13.5. The van der Waals surface area contributed by atoms with Crippen molar-refractivity contribution in [3.05, 3.63) is 249 Å². The molecule has 0 atom stereocenters. The zero-order chi connectivity index (χ0) is 49.1. The Morgan fingerprint density at radius 1 is 0.280 bits per heavy atom. The fourth-order valence-corrected chi connectivity index (χ4v) is 11.9. The quantitative estimate of drug-likeness (QED) is 0.167. The molecule has 75 heavy (non-hydrogen) atoms. The number of benzene rings is 12. The monoisotopic (exact) mass is 955 g/mol. The van der Waals surface area contributed by atoms with Gasteiger partial charge in [-0.05, 0) is 111 Å². The number of fused-ring (bicyclic) bond motifs is 14. The molecule has 16 aromatic rings. The molecular weight excluding hydrogens is 915 g/mol. The van der Waals surface area contributed by atoms with Crippen molar-refractivity contribution in [2.24, 2.45) is 0 Å². The maximum Gasteiger partial charge on any atom is 0.164 e. The van der Waals surface area contributed by atoms with Crippen molar-refractivity contribution in [3.63, 3.8) is 0 Å². The summed E-state index contributed by atoms with van der Waals surface area (Å²) in [5.41, 5.74) is 12.9. The first-order valence-electron chi connectivity index (χ1n) is 25.4. The van der Waals surface area contributed by atoms with E-state index in [1.54, 1.807) is 0 Å². The van der Waals surface area contributed by atoms with Gasteiger partial charge < -0.3 is 13.6 Å². The molecule has 6 nitrogen and oxygen atoms in total. The predicted molar refractivity (Wildman–Crippen MR) is 310 cm³/mol. The van der Waals surface area contributed by atoms with E-state index in [9.17, 15) is 0 Å². The summed E-state index contributed by atoms with van der Waals surface area (Å²) in [4.78, 5) is 16.5. The molecule has 0 aliphatic rings. The van der Waals surface area contributed by atoms with E-state index in [4.69, 9.17) is 19.4 Å². The molecule has 0 spiro atoms. The molecular formula is C69H41N5O. The third-order valence-corrected chi connectivity index (χ3v) is 15.3. The van der Waals surface area contributed by atoms with Crippen LogP contribution in [0, 0.1) is 0 Å². The van der Waals surface area contributed by atoms with Crippen LogP contribution >= 0.6 is 0 Å². The molecule has 0 saturated carbocycles. The first-order chi connectivity index (χ1) is 37.2. The SMILES string of the molecule is c1ccc(-c2cccc(-c3nc(-c4ccc5c(c4)c4ccccc4n5-c4ccccc4)nc(-c4cc(-n5c6cc7ccccc7cc6c6c7ccccc7ccc65)cc5oc6c7ccccc7ccc6c45)n3)c2)cc1. The third-order valence-electron chi connectivity index (χ3n) is 15.3. The number of para-hydroxylation sites is 2. The topological polar surface area (TPSA) is 61.7 Å². The summed E-state index contributed by atoms with van der Waals surface area (Å²) >= 11 is 0. The Morgan fingerprint density at radius 2 is 0.867 bits per heavy atom. The van der Waals surface area contributed by atoms with E-state index in [-0.39, 0.29) is 0 Å². The maximum absolute atomic E-state index is 7.17. The van der Waals surface area contributed by atoms with Crippen molar-refractivity contribution in [1.29, 1.82) is 0 Å². The van der Waals surface area contributed by atoms with Gasteiger partial charge in [-0.1, -0.05) is 170 Å². The number of aromatic nitrogens is 5. The number of hydrogen-bond donors (Lipinski definition) is 0. The van der Waals surface area contributed by atoms with Gasteiger partial charge >= 0.3 is 0 Å². The van der Waals surface area contributed by atoms with E-state index in [0.717, 1.165) is 105 Å². The maximum atomic E-state index is 7.17. The Hall–Kier alpha value is -10.2. The number of nitrogens with zero attached hydrogens (tertiary/aromatic N) is 5. The van der Waals surface area contributed by atoms with Gasteiger partial charge in [0.05, 0.1) is 27.8 Å². The van der Waals surface area contributed by atoms with Gasteiger partial charge in [0.1, 0.15) is 11.2 Å². The first-order valence-corrected chi connectivity index (χ1v) is 25.4. The third kappa shape index (κ3) is 6.43. The summed E-state index contributed by atoms with van der Waals surface area (Å²) in [6, 6.07) is 88.6. The van der Waals surface area contributed by atoms with E-state index in [0.29, 0.717) is 17.5 Å². The molecule has 12 aromatic carbocycles. The molecule has 0 amide bonds. The fourth-order valence-electron chi connectivity index (χ4n) is 11.9. The van der Waals surface area contributed by atoms with E-state index in [2.05, 4.69) is 252 Å². The summed E-state index contributed by atoms with van der Waals surface area (Å²) in [7, 11) is 0. The molecule has 0 unspecified atom stereocenters. The Morgan fingerprint density at radius 3 is 1.68 bits per heavy atom. The van der Waals surface area contributed by atoms with Gasteiger partial charge in [0, 0.05) is 66.1 Å². The molecule has 348 valence electrons. The van der Waals surface area contributed by atoms with Gasteiger partial charge in [-0.15, -0.1) is 0 Å². The molecule has 0 bridgehead atoms. The summed E-state index contributed by atoms with van der Waals surface area (Å²) in [6.45, 7) is 0. The molecule has 0 radical (unpaired) electrons. The van der Waals surface area contributed by atoms with Crippen molar-refractivity contribution in [1.82, 2.24) is 24.1 Å².